The van der Waals surface area contributed by atoms with Crippen molar-refractivity contribution < 1.29 is 9.26 Å². The van der Waals surface area contributed by atoms with Crippen molar-refractivity contribution in [2.24, 2.45) is 5.92 Å². The first kappa shape index (κ1) is 12.1. The van der Waals surface area contributed by atoms with Gasteiger partial charge in [0.05, 0.1) is 18.4 Å². The van der Waals surface area contributed by atoms with Crippen molar-refractivity contribution in [2.75, 3.05) is 12.3 Å². The second-order valence-corrected chi connectivity index (χ2v) is 5.32. The van der Waals surface area contributed by atoms with Crippen molar-refractivity contribution in [3.8, 4) is 16.9 Å². The van der Waals surface area contributed by atoms with Gasteiger partial charge in [-0.2, -0.15) is 0 Å². The smallest absolute Gasteiger partial charge is 0.230 e. The maximum Gasteiger partial charge on any atom is 0.230 e. The zero-order valence-electron chi connectivity index (χ0n) is 11.3. The van der Waals surface area contributed by atoms with Crippen LogP contribution in [0.1, 0.15) is 24.0 Å². The summed E-state index contributed by atoms with van der Waals surface area (Å²) in [6, 6.07) is 4.19. The van der Waals surface area contributed by atoms with Crippen LogP contribution in [0.2, 0.25) is 0 Å². The maximum atomic E-state index is 6.00. The van der Waals surface area contributed by atoms with E-state index in [9.17, 15) is 0 Å². The van der Waals surface area contributed by atoms with Crippen LogP contribution in [-0.2, 0) is 0 Å². The molecule has 1 aromatic heterocycles. The van der Waals surface area contributed by atoms with Crippen LogP contribution in [-0.4, -0.2) is 11.8 Å². The molecule has 2 N–H and O–H groups in total. The predicted molar refractivity (Wildman–Crippen MR) is 74.0 cm³/mol. The number of aryl methyl sites for hydroxylation is 2. The third-order valence-corrected chi connectivity index (χ3v) is 3.47. The molecule has 100 valence electrons. The van der Waals surface area contributed by atoms with E-state index in [2.05, 4.69) is 31.1 Å². The summed E-state index contributed by atoms with van der Waals surface area (Å²) in [5.41, 5.74) is 9.89. The molecule has 19 heavy (non-hydrogen) atoms. The van der Waals surface area contributed by atoms with Crippen molar-refractivity contribution in [3.05, 3.63) is 29.5 Å². The molecule has 2 aromatic rings. The molecule has 0 unspecified atom stereocenters. The number of nitrogen functional groups attached to an aromatic ring is 1. The fraction of sp³-hybridized carbons (Fsp3) is 0.400. The minimum absolute atomic E-state index is 0.335. The van der Waals surface area contributed by atoms with Gasteiger partial charge in [-0.05, 0) is 49.8 Å². The Kier molecular flexibility index (Phi) is 2.93. The van der Waals surface area contributed by atoms with Gasteiger partial charge in [-0.1, -0.05) is 11.2 Å². The zero-order chi connectivity index (χ0) is 13.4. The first-order valence-corrected chi connectivity index (χ1v) is 6.59. The minimum Gasteiger partial charge on any atom is -0.492 e. The first-order chi connectivity index (χ1) is 9.15. The Morgan fingerprint density at radius 3 is 2.74 bits per heavy atom. The van der Waals surface area contributed by atoms with Crippen molar-refractivity contribution in [1.82, 2.24) is 5.16 Å². The van der Waals surface area contributed by atoms with Crippen LogP contribution in [0, 0.1) is 19.8 Å². The fourth-order valence-electron chi connectivity index (χ4n) is 2.28. The molecule has 1 aliphatic rings. The number of benzene rings is 1. The van der Waals surface area contributed by atoms with Gasteiger partial charge in [0.15, 0.2) is 0 Å². The van der Waals surface area contributed by atoms with E-state index in [0.29, 0.717) is 11.8 Å². The third-order valence-electron chi connectivity index (χ3n) is 3.47. The van der Waals surface area contributed by atoms with Crippen LogP contribution < -0.4 is 10.5 Å². The first-order valence-electron chi connectivity index (χ1n) is 6.59. The number of rotatable bonds is 4. The summed E-state index contributed by atoms with van der Waals surface area (Å²) in [5, 5.41) is 3.75. The van der Waals surface area contributed by atoms with Crippen molar-refractivity contribution in [3.63, 3.8) is 0 Å². The summed E-state index contributed by atoms with van der Waals surface area (Å²) in [6.07, 6.45) is 4.19. The molecule has 4 heteroatoms. The highest BCUT2D eigenvalue weighted by atomic mass is 16.5. The molecular formula is C15H18N2O2. The Morgan fingerprint density at radius 1 is 1.32 bits per heavy atom. The average molecular weight is 258 g/mol. The van der Waals surface area contributed by atoms with Gasteiger partial charge in [0.1, 0.15) is 5.75 Å². The van der Waals surface area contributed by atoms with Crippen molar-refractivity contribution >= 4 is 5.88 Å². The molecule has 0 bridgehead atoms. The topological polar surface area (TPSA) is 61.3 Å². The largest absolute Gasteiger partial charge is 0.492 e. The van der Waals surface area contributed by atoms with E-state index in [1.807, 2.05) is 0 Å². The molecule has 1 aromatic carbocycles. The van der Waals surface area contributed by atoms with E-state index >= 15 is 0 Å². The zero-order valence-corrected chi connectivity index (χ0v) is 11.3. The Balaban J connectivity index is 2.02. The van der Waals surface area contributed by atoms with Crippen LogP contribution >= 0.6 is 0 Å². The Morgan fingerprint density at radius 2 is 2.11 bits per heavy atom. The molecule has 4 nitrogen and oxygen atoms in total. The average Bonchev–Trinajstić information content (AvgIpc) is 3.08. The number of nitrogens with two attached hydrogens (primary N) is 1. The van der Waals surface area contributed by atoms with Gasteiger partial charge in [0.2, 0.25) is 5.88 Å². The molecule has 0 radical (unpaired) electrons. The van der Waals surface area contributed by atoms with Crippen LogP contribution in [0.4, 0.5) is 5.88 Å². The van der Waals surface area contributed by atoms with Crippen LogP contribution in [0.3, 0.4) is 0 Å². The molecule has 0 saturated heterocycles. The van der Waals surface area contributed by atoms with E-state index in [-0.39, 0.29) is 0 Å². The van der Waals surface area contributed by atoms with E-state index < -0.39 is 0 Å². The van der Waals surface area contributed by atoms with Gasteiger partial charge in [0.25, 0.3) is 0 Å². The summed E-state index contributed by atoms with van der Waals surface area (Å²) in [5.74, 6) is 1.95. The second kappa shape index (κ2) is 4.61. The summed E-state index contributed by atoms with van der Waals surface area (Å²) in [4.78, 5) is 0. The minimum atomic E-state index is 0.335. The number of hydrogen-bond acceptors (Lipinski definition) is 4. The monoisotopic (exact) mass is 258 g/mol. The number of aromatic nitrogens is 1. The van der Waals surface area contributed by atoms with Gasteiger partial charge in [-0.3, -0.25) is 0 Å². The Hall–Kier alpha value is -1.97. The highest BCUT2D eigenvalue weighted by Crippen LogP contribution is 2.38. The van der Waals surface area contributed by atoms with E-state index in [1.165, 1.54) is 18.4 Å². The van der Waals surface area contributed by atoms with E-state index in [1.54, 1.807) is 6.20 Å². The summed E-state index contributed by atoms with van der Waals surface area (Å²) >= 11 is 0. The number of anilines is 1. The summed E-state index contributed by atoms with van der Waals surface area (Å²) in [7, 11) is 0. The van der Waals surface area contributed by atoms with Gasteiger partial charge in [-0.15, -0.1) is 0 Å². The lowest BCUT2D eigenvalue weighted by Crippen LogP contribution is -2.03. The van der Waals surface area contributed by atoms with Gasteiger partial charge < -0.3 is 15.0 Å². The lowest BCUT2D eigenvalue weighted by Gasteiger charge is -2.14. The molecule has 1 heterocycles. The molecule has 0 amide bonds. The second-order valence-electron chi connectivity index (χ2n) is 5.32. The van der Waals surface area contributed by atoms with Gasteiger partial charge >= 0.3 is 0 Å². The molecule has 1 aliphatic carbocycles. The summed E-state index contributed by atoms with van der Waals surface area (Å²) < 4.78 is 11.0. The lowest BCUT2D eigenvalue weighted by molar-refractivity contribution is 0.299. The third kappa shape index (κ3) is 2.43. The molecule has 0 spiro atoms. The maximum absolute atomic E-state index is 6.00. The van der Waals surface area contributed by atoms with Crippen LogP contribution in [0.25, 0.3) is 11.1 Å². The predicted octanol–water partition coefficient (Wildman–Crippen LogP) is 3.33. The SMILES string of the molecule is Cc1cc(C)c(OCC2CC2)c(-c2cnoc2N)c1. The Bertz CT molecular complexity index is 600. The number of hydrogen-bond donors (Lipinski definition) is 1. The molecule has 0 atom stereocenters. The normalized spacial score (nSPS) is 14.6. The Labute approximate surface area is 112 Å². The van der Waals surface area contributed by atoms with E-state index in [4.69, 9.17) is 15.0 Å². The van der Waals surface area contributed by atoms with Crippen molar-refractivity contribution in [1.29, 1.82) is 0 Å². The number of nitrogens with zero attached hydrogens (tertiary/aromatic N) is 1. The molecule has 1 saturated carbocycles. The molecular weight excluding hydrogens is 240 g/mol. The lowest BCUT2D eigenvalue weighted by atomic mass is 10.0. The molecule has 1 fully saturated rings. The van der Waals surface area contributed by atoms with Crippen molar-refractivity contribution in [2.45, 2.75) is 26.7 Å². The number of ether oxygens (including phenoxy) is 1. The quantitative estimate of drug-likeness (QED) is 0.913. The summed E-state index contributed by atoms with van der Waals surface area (Å²) in [6.45, 7) is 4.90. The fourth-order valence-corrected chi connectivity index (χ4v) is 2.28. The highest BCUT2D eigenvalue weighted by molar-refractivity contribution is 5.78. The highest BCUT2D eigenvalue weighted by Gasteiger charge is 2.23. The molecule has 0 aliphatic heterocycles. The standard InChI is InChI=1S/C15H18N2O2/c1-9-5-10(2)14(18-8-11-3-4-11)12(6-9)13-7-17-19-15(13)16/h5-7,11H,3-4,8,16H2,1-2H3. The van der Waals surface area contributed by atoms with Gasteiger partial charge in [-0.25, -0.2) is 0 Å². The van der Waals surface area contributed by atoms with Crippen LogP contribution in [0.5, 0.6) is 5.75 Å². The van der Waals surface area contributed by atoms with Crippen LogP contribution in [0.15, 0.2) is 22.9 Å². The van der Waals surface area contributed by atoms with Gasteiger partial charge in [0, 0.05) is 5.56 Å². The molecule has 3 rings (SSSR count). The van der Waals surface area contributed by atoms with E-state index in [0.717, 1.165) is 29.0 Å².